The van der Waals surface area contributed by atoms with E-state index in [1.807, 2.05) is 12.1 Å². The van der Waals surface area contributed by atoms with Crippen molar-refractivity contribution in [3.05, 3.63) is 53.5 Å². The van der Waals surface area contributed by atoms with Gasteiger partial charge >= 0.3 is 0 Å². The van der Waals surface area contributed by atoms with Crippen molar-refractivity contribution in [2.24, 2.45) is 5.73 Å². The number of nitrogens with two attached hydrogens (primary N) is 1. The average molecular weight is 402 g/mol. The van der Waals surface area contributed by atoms with Crippen LogP contribution in [0.15, 0.2) is 41.0 Å². The molecule has 1 fully saturated rings. The second kappa shape index (κ2) is 11.2. The van der Waals surface area contributed by atoms with Crippen LogP contribution in [0.5, 0.6) is 0 Å². The predicted octanol–water partition coefficient (Wildman–Crippen LogP) is 2.71. The first kappa shape index (κ1) is 22.5. The van der Waals surface area contributed by atoms with Crippen LogP contribution in [0.25, 0.3) is 0 Å². The van der Waals surface area contributed by atoms with E-state index in [-0.39, 0.29) is 37.3 Å². The molecule has 1 aliphatic rings. The molecule has 3 rings (SSSR count). The number of furan rings is 1. The third kappa shape index (κ3) is 6.30. The van der Waals surface area contributed by atoms with Crippen LogP contribution < -0.4 is 11.1 Å². The Kier molecular flexibility index (Phi) is 9.69. The van der Waals surface area contributed by atoms with Crippen molar-refractivity contribution in [1.29, 1.82) is 0 Å². The number of rotatable bonds is 6. The number of anilines is 1. The molecule has 2 aromatic rings. The van der Waals surface area contributed by atoms with Gasteiger partial charge in [-0.2, -0.15) is 0 Å². The highest BCUT2D eigenvalue weighted by atomic mass is 35.5. The van der Waals surface area contributed by atoms with Gasteiger partial charge in [0.05, 0.1) is 25.3 Å². The largest absolute Gasteiger partial charge is 0.467 e. The lowest BCUT2D eigenvalue weighted by molar-refractivity contribution is 0.0384. The second-order valence-electron chi connectivity index (χ2n) is 5.86. The van der Waals surface area contributed by atoms with Gasteiger partial charge in [-0.05, 0) is 30.2 Å². The summed E-state index contributed by atoms with van der Waals surface area (Å²) in [6, 6.07) is 9.62. The number of hydrogen-bond donors (Lipinski definition) is 2. The topological polar surface area (TPSA) is 80.7 Å². The minimum Gasteiger partial charge on any atom is -0.467 e. The van der Waals surface area contributed by atoms with Crippen LogP contribution in [0.4, 0.5) is 5.69 Å². The summed E-state index contributed by atoms with van der Waals surface area (Å²) < 4.78 is 10.5. The number of nitrogens with zero attached hydrogens (tertiary/aromatic N) is 1. The number of amides is 1. The summed E-state index contributed by atoms with van der Waals surface area (Å²) in [4.78, 5) is 14.5. The van der Waals surface area contributed by atoms with Gasteiger partial charge in [-0.15, -0.1) is 24.8 Å². The number of hydrogen-bond acceptors (Lipinski definition) is 5. The first-order valence-corrected chi connectivity index (χ1v) is 8.22. The van der Waals surface area contributed by atoms with E-state index in [4.69, 9.17) is 14.9 Å². The lowest BCUT2D eigenvalue weighted by Crippen LogP contribution is -2.37. The molecule has 144 valence electrons. The summed E-state index contributed by atoms with van der Waals surface area (Å²) in [6.07, 6.45) is 2.42. The molecule has 1 aromatic heterocycles. The molecule has 1 saturated heterocycles. The number of morpholine rings is 1. The second-order valence-corrected chi connectivity index (χ2v) is 5.86. The van der Waals surface area contributed by atoms with Crippen molar-refractivity contribution in [3.8, 4) is 0 Å². The normalized spacial score (nSPS) is 14.2. The molecule has 0 bridgehead atoms. The maximum atomic E-state index is 12.1. The lowest BCUT2D eigenvalue weighted by Gasteiger charge is -2.26. The molecule has 1 amide bonds. The number of carbonyl (C=O) groups is 1. The van der Waals surface area contributed by atoms with Gasteiger partial charge in [-0.25, -0.2) is 0 Å². The van der Waals surface area contributed by atoms with E-state index in [9.17, 15) is 4.79 Å². The average Bonchev–Trinajstić information content (AvgIpc) is 3.11. The van der Waals surface area contributed by atoms with Crippen molar-refractivity contribution < 1.29 is 13.9 Å². The van der Waals surface area contributed by atoms with Crippen LogP contribution in [-0.2, 0) is 17.7 Å². The first-order valence-electron chi connectivity index (χ1n) is 8.22. The van der Waals surface area contributed by atoms with Gasteiger partial charge in [0.2, 0.25) is 0 Å². The molecule has 8 heteroatoms. The molecular formula is C18H25Cl2N3O3. The maximum Gasteiger partial charge on any atom is 0.258 e. The highest BCUT2D eigenvalue weighted by molar-refractivity contribution is 6.04. The lowest BCUT2D eigenvalue weighted by atomic mass is 10.1. The zero-order valence-electron chi connectivity index (χ0n) is 14.5. The van der Waals surface area contributed by atoms with Gasteiger partial charge in [0.15, 0.2) is 0 Å². The molecule has 0 spiro atoms. The SMILES string of the molecule is Cl.Cl.NCc1cc(C(=O)Nc2ccc(CCN3CCOCC3)cc2)co1. The van der Waals surface area contributed by atoms with Gasteiger partial charge in [-0.1, -0.05) is 12.1 Å². The number of benzene rings is 1. The first-order chi connectivity index (χ1) is 11.7. The minimum atomic E-state index is -0.195. The number of ether oxygens (including phenoxy) is 1. The molecule has 26 heavy (non-hydrogen) atoms. The van der Waals surface area contributed by atoms with E-state index in [2.05, 4.69) is 22.3 Å². The third-order valence-corrected chi connectivity index (χ3v) is 4.15. The highest BCUT2D eigenvalue weighted by Gasteiger charge is 2.11. The number of nitrogens with one attached hydrogen (secondary N) is 1. The van der Waals surface area contributed by atoms with Crippen LogP contribution in [0, 0.1) is 0 Å². The molecule has 0 aliphatic carbocycles. The zero-order valence-corrected chi connectivity index (χ0v) is 16.1. The van der Waals surface area contributed by atoms with Crippen LogP contribution in [0.1, 0.15) is 21.7 Å². The van der Waals surface area contributed by atoms with E-state index in [0.29, 0.717) is 11.3 Å². The summed E-state index contributed by atoms with van der Waals surface area (Å²) >= 11 is 0. The molecule has 1 aliphatic heterocycles. The van der Waals surface area contributed by atoms with Crippen molar-refractivity contribution in [1.82, 2.24) is 4.90 Å². The predicted molar refractivity (Wildman–Crippen MR) is 106 cm³/mol. The van der Waals surface area contributed by atoms with Crippen LogP contribution in [0.2, 0.25) is 0 Å². The Bertz CT molecular complexity index is 671. The van der Waals surface area contributed by atoms with Crippen LogP contribution >= 0.6 is 24.8 Å². The van der Waals surface area contributed by atoms with E-state index in [1.165, 1.54) is 11.8 Å². The monoisotopic (exact) mass is 401 g/mol. The Morgan fingerprint density at radius 3 is 2.46 bits per heavy atom. The van der Waals surface area contributed by atoms with Crippen LogP contribution in [-0.4, -0.2) is 43.7 Å². The maximum absolute atomic E-state index is 12.1. The van der Waals surface area contributed by atoms with E-state index in [1.54, 1.807) is 6.07 Å². The van der Waals surface area contributed by atoms with Crippen molar-refractivity contribution in [2.75, 3.05) is 38.2 Å². The van der Waals surface area contributed by atoms with E-state index < -0.39 is 0 Å². The van der Waals surface area contributed by atoms with Crippen molar-refractivity contribution in [3.63, 3.8) is 0 Å². The Morgan fingerprint density at radius 2 is 1.85 bits per heavy atom. The Hall–Kier alpha value is -1.57. The fraction of sp³-hybridized carbons (Fsp3) is 0.389. The molecule has 1 aromatic carbocycles. The van der Waals surface area contributed by atoms with Gasteiger partial charge in [0.1, 0.15) is 12.0 Å². The summed E-state index contributed by atoms with van der Waals surface area (Å²) in [7, 11) is 0. The molecule has 0 saturated carbocycles. The smallest absolute Gasteiger partial charge is 0.258 e. The van der Waals surface area contributed by atoms with Gasteiger partial charge in [0.25, 0.3) is 5.91 Å². The third-order valence-electron chi connectivity index (χ3n) is 4.15. The zero-order chi connectivity index (χ0) is 16.8. The molecule has 0 radical (unpaired) electrons. The van der Waals surface area contributed by atoms with Gasteiger partial charge in [-0.3, -0.25) is 9.69 Å². The van der Waals surface area contributed by atoms with E-state index >= 15 is 0 Å². The Balaban J connectivity index is 0.00000169. The summed E-state index contributed by atoms with van der Waals surface area (Å²) in [6.45, 7) is 4.97. The fourth-order valence-electron chi connectivity index (χ4n) is 2.68. The molecule has 0 atom stereocenters. The molecular weight excluding hydrogens is 377 g/mol. The summed E-state index contributed by atoms with van der Waals surface area (Å²) in [5.41, 5.74) is 7.98. The van der Waals surface area contributed by atoms with Gasteiger partial charge < -0.3 is 20.2 Å². The highest BCUT2D eigenvalue weighted by Crippen LogP contribution is 2.14. The molecule has 6 nitrogen and oxygen atoms in total. The standard InChI is InChI=1S/C18H23N3O3.2ClH/c19-12-17-11-15(13-24-17)18(22)20-16-3-1-14(2-4-16)5-6-21-7-9-23-10-8-21;;/h1-4,11,13H,5-10,12,19H2,(H,20,22);2*1H. The molecule has 3 N–H and O–H groups in total. The van der Waals surface area contributed by atoms with Crippen LogP contribution in [0.3, 0.4) is 0 Å². The summed E-state index contributed by atoms with van der Waals surface area (Å²) in [5.74, 6) is 0.401. The summed E-state index contributed by atoms with van der Waals surface area (Å²) in [5, 5.41) is 2.86. The fourth-order valence-corrected chi connectivity index (χ4v) is 2.68. The molecule has 0 unspecified atom stereocenters. The number of carbonyl (C=O) groups excluding carboxylic acids is 1. The van der Waals surface area contributed by atoms with Gasteiger partial charge in [0, 0.05) is 25.3 Å². The van der Waals surface area contributed by atoms with Crippen molar-refractivity contribution >= 4 is 36.4 Å². The Morgan fingerprint density at radius 1 is 1.15 bits per heavy atom. The molecule has 2 heterocycles. The van der Waals surface area contributed by atoms with Crippen molar-refractivity contribution in [2.45, 2.75) is 13.0 Å². The Labute approximate surface area is 165 Å². The minimum absolute atomic E-state index is 0. The quantitative estimate of drug-likeness (QED) is 0.777. The number of halogens is 2. The van der Waals surface area contributed by atoms with E-state index in [0.717, 1.165) is 45.0 Å².